The van der Waals surface area contributed by atoms with E-state index in [1.54, 1.807) is 5.57 Å². The van der Waals surface area contributed by atoms with Crippen molar-refractivity contribution in [2.75, 3.05) is 33.0 Å². The first-order chi connectivity index (χ1) is 26.7. The van der Waals surface area contributed by atoms with Crippen LogP contribution in [0.25, 0.3) is 0 Å². The molecule has 3 nitrogen and oxygen atoms in total. The quantitative estimate of drug-likeness (QED) is 0.0561. The van der Waals surface area contributed by atoms with Crippen LogP contribution in [0.4, 0.5) is 0 Å². The highest BCUT2D eigenvalue weighted by Gasteiger charge is 2.59. The van der Waals surface area contributed by atoms with E-state index in [0.29, 0.717) is 22.9 Å². The normalized spacial score (nSPS) is 30.5. The fourth-order valence-electron chi connectivity index (χ4n) is 12.0. The smallest absolute Gasteiger partial charge is 0.0612 e. The van der Waals surface area contributed by atoms with E-state index in [1.807, 2.05) is 0 Å². The van der Waals surface area contributed by atoms with Gasteiger partial charge in [0.2, 0.25) is 0 Å². The lowest BCUT2D eigenvalue weighted by Gasteiger charge is -2.58. The minimum absolute atomic E-state index is 0.402. The molecule has 0 saturated heterocycles. The molecule has 3 heteroatoms. The zero-order valence-corrected chi connectivity index (χ0v) is 37.7. The monoisotopic (exact) mass is 765 g/mol. The van der Waals surface area contributed by atoms with Crippen LogP contribution in [-0.2, 0) is 14.2 Å². The summed E-state index contributed by atoms with van der Waals surface area (Å²) < 4.78 is 18.5. The van der Waals surface area contributed by atoms with Crippen LogP contribution in [0, 0.1) is 52.3 Å². The standard InChI is InChI=1S/C52H92O3/c1-8-9-10-11-12-13-14-15-16-17-18-19-20-21-22-23-36-53-40-43(4)41-54-37-25-38-55-46-32-34-51(6)45(39-46)28-29-47-49-31-30-48(44(5)27-24-26-42(2)3)52(49,7)35-33-50(47)51/h12-13,15-16,28,42-44,46-50H,8-11,14,17-27,29-41H2,1-7H3/b13-12-,16-15-/t43?,44?,46-,47?,48?,49?,50?,51-,52+/m0/s1. The van der Waals surface area contributed by atoms with Crippen LogP contribution in [0.1, 0.15) is 203 Å². The maximum absolute atomic E-state index is 6.51. The average Bonchev–Trinajstić information content (AvgIpc) is 3.53. The van der Waals surface area contributed by atoms with Gasteiger partial charge in [-0.3, -0.25) is 0 Å². The number of hydrogen-bond donors (Lipinski definition) is 0. The summed E-state index contributed by atoms with van der Waals surface area (Å²) >= 11 is 0. The lowest BCUT2D eigenvalue weighted by molar-refractivity contribution is -0.0651. The number of ether oxygens (including phenoxy) is 3. The molecule has 0 N–H and O–H groups in total. The Bertz CT molecular complexity index is 1110. The molecule has 4 aliphatic rings. The molecule has 0 aliphatic heterocycles. The van der Waals surface area contributed by atoms with Gasteiger partial charge in [-0.1, -0.05) is 142 Å². The van der Waals surface area contributed by atoms with Crippen molar-refractivity contribution in [3.63, 3.8) is 0 Å². The van der Waals surface area contributed by atoms with Gasteiger partial charge in [0.25, 0.3) is 0 Å². The average molecular weight is 765 g/mol. The van der Waals surface area contributed by atoms with E-state index < -0.39 is 0 Å². The second kappa shape index (κ2) is 25.6. The van der Waals surface area contributed by atoms with E-state index in [0.717, 1.165) is 81.4 Å². The van der Waals surface area contributed by atoms with Crippen molar-refractivity contribution >= 4 is 0 Å². The largest absolute Gasteiger partial charge is 0.381 e. The summed E-state index contributed by atoms with van der Waals surface area (Å²) in [4.78, 5) is 0. The Kier molecular flexibility index (Phi) is 21.7. The number of allylic oxidation sites excluding steroid dienone is 5. The Morgan fingerprint density at radius 3 is 2.11 bits per heavy atom. The Morgan fingerprint density at radius 1 is 0.691 bits per heavy atom. The maximum atomic E-state index is 6.51. The topological polar surface area (TPSA) is 27.7 Å². The second-order valence-corrected chi connectivity index (χ2v) is 20.2. The molecule has 55 heavy (non-hydrogen) atoms. The van der Waals surface area contributed by atoms with Crippen molar-refractivity contribution in [1.82, 2.24) is 0 Å². The third kappa shape index (κ3) is 15.0. The van der Waals surface area contributed by atoms with E-state index in [4.69, 9.17) is 14.2 Å². The van der Waals surface area contributed by atoms with Crippen molar-refractivity contribution in [2.24, 2.45) is 52.3 Å². The molecule has 0 amide bonds. The number of rotatable bonds is 29. The maximum Gasteiger partial charge on any atom is 0.0612 e. The van der Waals surface area contributed by atoms with E-state index in [2.05, 4.69) is 78.8 Å². The Labute approximate surface area is 343 Å². The Balaban J connectivity index is 0.986. The predicted octanol–water partition coefficient (Wildman–Crippen LogP) is 15.3. The van der Waals surface area contributed by atoms with E-state index in [9.17, 15) is 0 Å². The lowest BCUT2D eigenvalue weighted by atomic mass is 9.47. The van der Waals surface area contributed by atoms with Gasteiger partial charge >= 0.3 is 0 Å². The van der Waals surface area contributed by atoms with Crippen molar-refractivity contribution in [2.45, 2.75) is 209 Å². The predicted molar refractivity (Wildman–Crippen MR) is 238 cm³/mol. The summed E-state index contributed by atoms with van der Waals surface area (Å²) in [6.45, 7) is 21.4. The van der Waals surface area contributed by atoms with Gasteiger partial charge < -0.3 is 14.2 Å². The molecular weight excluding hydrogens is 673 g/mol. The SMILES string of the molecule is CCCCC/C=C\C/C=C\CCCCCCCCOCC(C)COCCCO[C@H]1CC[C@@]2(C)C(=CCC3C4CCC(C(C)CCCC(C)C)[C@@]4(C)CCC32)C1. The number of fused-ring (bicyclic) bond motifs is 5. The molecule has 0 aromatic heterocycles. The highest BCUT2D eigenvalue weighted by atomic mass is 16.5. The summed E-state index contributed by atoms with van der Waals surface area (Å²) in [5.74, 6) is 5.90. The van der Waals surface area contributed by atoms with Crippen LogP contribution < -0.4 is 0 Å². The molecule has 0 spiro atoms. The molecule has 3 fully saturated rings. The molecule has 3 saturated carbocycles. The minimum Gasteiger partial charge on any atom is -0.381 e. The molecular formula is C52H92O3. The van der Waals surface area contributed by atoms with Gasteiger partial charge in [-0.15, -0.1) is 0 Å². The lowest BCUT2D eigenvalue weighted by Crippen LogP contribution is -2.51. The van der Waals surface area contributed by atoms with E-state index >= 15 is 0 Å². The number of hydrogen-bond acceptors (Lipinski definition) is 3. The zero-order chi connectivity index (χ0) is 39.4. The van der Waals surface area contributed by atoms with E-state index in [1.165, 1.54) is 141 Å². The molecule has 0 aromatic rings. The Hall–Kier alpha value is -0.900. The second-order valence-electron chi connectivity index (χ2n) is 20.2. The summed E-state index contributed by atoms with van der Waals surface area (Å²) in [6, 6.07) is 0. The van der Waals surface area contributed by atoms with Crippen LogP contribution >= 0.6 is 0 Å². The fourth-order valence-corrected chi connectivity index (χ4v) is 12.0. The molecule has 0 radical (unpaired) electrons. The highest BCUT2D eigenvalue weighted by Crippen LogP contribution is 2.67. The molecule has 6 unspecified atom stereocenters. The molecule has 4 rings (SSSR count). The third-order valence-electron chi connectivity index (χ3n) is 15.3. The van der Waals surface area contributed by atoms with Crippen LogP contribution in [0.5, 0.6) is 0 Å². The van der Waals surface area contributed by atoms with Crippen LogP contribution in [0.2, 0.25) is 0 Å². The van der Waals surface area contributed by atoms with E-state index in [-0.39, 0.29) is 0 Å². The first kappa shape index (κ1) is 46.8. The van der Waals surface area contributed by atoms with Gasteiger partial charge in [0.1, 0.15) is 0 Å². The van der Waals surface area contributed by atoms with Gasteiger partial charge in [-0.25, -0.2) is 0 Å². The van der Waals surface area contributed by atoms with Gasteiger partial charge in [0, 0.05) is 25.7 Å². The summed E-state index contributed by atoms with van der Waals surface area (Å²) in [7, 11) is 0. The van der Waals surface area contributed by atoms with Gasteiger partial charge in [-0.05, 0) is 143 Å². The van der Waals surface area contributed by atoms with Gasteiger partial charge in [0.15, 0.2) is 0 Å². The fraction of sp³-hybridized carbons (Fsp3) is 0.885. The zero-order valence-electron chi connectivity index (χ0n) is 37.7. The molecule has 4 aliphatic carbocycles. The van der Waals surface area contributed by atoms with Crippen molar-refractivity contribution in [3.05, 3.63) is 36.0 Å². The van der Waals surface area contributed by atoms with Gasteiger partial charge in [0.05, 0.1) is 19.3 Å². The number of unbranched alkanes of at least 4 members (excludes halogenated alkanes) is 9. The van der Waals surface area contributed by atoms with Crippen LogP contribution in [0.3, 0.4) is 0 Å². The van der Waals surface area contributed by atoms with Crippen molar-refractivity contribution < 1.29 is 14.2 Å². The summed E-state index contributed by atoms with van der Waals surface area (Å²) in [5.41, 5.74) is 2.75. The summed E-state index contributed by atoms with van der Waals surface area (Å²) in [6.07, 6.45) is 44.2. The molecule has 9 atom stereocenters. The first-order valence-corrected chi connectivity index (χ1v) is 24.5. The first-order valence-electron chi connectivity index (χ1n) is 24.5. The summed E-state index contributed by atoms with van der Waals surface area (Å²) in [5, 5.41) is 0. The molecule has 318 valence electrons. The minimum atomic E-state index is 0.402. The molecule has 0 heterocycles. The third-order valence-corrected chi connectivity index (χ3v) is 15.3. The molecule has 0 bridgehead atoms. The molecule has 0 aromatic carbocycles. The van der Waals surface area contributed by atoms with Crippen molar-refractivity contribution in [3.8, 4) is 0 Å². The van der Waals surface area contributed by atoms with Gasteiger partial charge in [-0.2, -0.15) is 0 Å². The van der Waals surface area contributed by atoms with Crippen LogP contribution in [-0.4, -0.2) is 39.1 Å². The Morgan fingerprint density at radius 2 is 1.38 bits per heavy atom. The van der Waals surface area contributed by atoms with Crippen LogP contribution in [0.15, 0.2) is 36.0 Å². The van der Waals surface area contributed by atoms with Crippen molar-refractivity contribution in [1.29, 1.82) is 0 Å². The highest BCUT2D eigenvalue weighted by molar-refractivity contribution is 5.25.